The van der Waals surface area contributed by atoms with Crippen LogP contribution in [0.15, 0.2) is 53.6 Å². The maximum atomic E-state index is 13.8. The molecule has 0 saturated carbocycles. The van der Waals surface area contributed by atoms with Crippen LogP contribution >= 0.6 is 0 Å². The van der Waals surface area contributed by atoms with E-state index in [1.165, 1.54) is 28.9 Å². The molecule has 0 aliphatic carbocycles. The number of fused-ring (bicyclic) bond motifs is 3. The molecular weight excluding hydrogens is 449 g/mol. The van der Waals surface area contributed by atoms with Crippen molar-refractivity contribution in [3.63, 3.8) is 0 Å². The van der Waals surface area contributed by atoms with Crippen LogP contribution in [0.1, 0.15) is 18.2 Å². The second kappa shape index (κ2) is 7.90. The maximum Gasteiger partial charge on any atom is 0.418 e. The summed E-state index contributed by atoms with van der Waals surface area (Å²) in [6.07, 6.45) is -1.56. The van der Waals surface area contributed by atoms with E-state index < -0.39 is 17.3 Å². The molecule has 0 saturated heterocycles. The number of alkyl halides is 3. The van der Waals surface area contributed by atoms with E-state index >= 15 is 0 Å². The summed E-state index contributed by atoms with van der Waals surface area (Å²) in [5.41, 5.74) is -0.368. The lowest BCUT2D eigenvalue weighted by Crippen LogP contribution is -2.13. The molecular formula is C22H17F3N8O. The number of aromatic nitrogens is 7. The molecule has 1 N–H and O–H groups in total. The molecule has 0 bridgehead atoms. The van der Waals surface area contributed by atoms with Crippen molar-refractivity contribution in [3.8, 4) is 11.4 Å². The fourth-order valence-electron chi connectivity index (χ4n) is 3.62. The molecule has 0 amide bonds. The molecule has 0 unspecified atom stereocenters. The van der Waals surface area contributed by atoms with Gasteiger partial charge in [0.2, 0.25) is 5.95 Å². The van der Waals surface area contributed by atoms with Gasteiger partial charge in [-0.1, -0.05) is 12.1 Å². The summed E-state index contributed by atoms with van der Waals surface area (Å²) in [5.74, 6) is 0.162. The number of benzene rings is 1. The van der Waals surface area contributed by atoms with Gasteiger partial charge in [0.05, 0.1) is 22.3 Å². The zero-order chi connectivity index (χ0) is 24.0. The molecule has 0 atom stereocenters. The van der Waals surface area contributed by atoms with E-state index in [1.54, 1.807) is 29.9 Å². The largest absolute Gasteiger partial charge is 0.418 e. The molecule has 4 aromatic heterocycles. The summed E-state index contributed by atoms with van der Waals surface area (Å²) in [6, 6.07) is 8.33. The number of nitrogens with one attached hydrogen (secondary N) is 1. The third-order valence-electron chi connectivity index (χ3n) is 5.25. The third kappa shape index (κ3) is 3.62. The summed E-state index contributed by atoms with van der Waals surface area (Å²) in [4.78, 5) is 24.8. The van der Waals surface area contributed by atoms with Gasteiger partial charge in [-0.25, -0.2) is 15.0 Å². The molecule has 0 fully saturated rings. The van der Waals surface area contributed by atoms with E-state index in [1.807, 2.05) is 6.92 Å². The first-order valence-electron chi connectivity index (χ1n) is 10.3. The minimum Gasteiger partial charge on any atom is -0.319 e. The first-order chi connectivity index (χ1) is 16.3. The number of rotatable bonds is 4. The molecule has 0 aliphatic rings. The summed E-state index contributed by atoms with van der Waals surface area (Å²) in [7, 11) is 0. The van der Waals surface area contributed by atoms with Crippen LogP contribution in [0.4, 0.5) is 24.8 Å². The molecule has 5 rings (SSSR count). The van der Waals surface area contributed by atoms with Gasteiger partial charge < -0.3 is 5.32 Å². The van der Waals surface area contributed by atoms with Crippen molar-refractivity contribution in [1.29, 1.82) is 0 Å². The number of hydrogen-bond acceptors (Lipinski definition) is 7. The highest BCUT2D eigenvalue weighted by atomic mass is 19.4. The van der Waals surface area contributed by atoms with Crippen LogP contribution in [0.3, 0.4) is 0 Å². The Bertz CT molecular complexity index is 1610. The van der Waals surface area contributed by atoms with Crippen LogP contribution in [0.5, 0.6) is 0 Å². The van der Waals surface area contributed by atoms with Gasteiger partial charge in [-0.2, -0.15) is 22.8 Å². The van der Waals surface area contributed by atoms with Gasteiger partial charge >= 0.3 is 6.18 Å². The monoisotopic (exact) mass is 466 g/mol. The normalized spacial score (nSPS) is 11.9. The average molecular weight is 466 g/mol. The van der Waals surface area contributed by atoms with E-state index in [2.05, 4.69) is 30.5 Å². The minimum absolute atomic E-state index is 0.0228. The fraction of sp³-hybridized carbons (Fsp3) is 0.182. The van der Waals surface area contributed by atoms with Crippen molar-refractivity contribution in [2.24, 2.45) is 0 Å². The molecule has 12 heteroatoms. The molecule has 4 heterocycles. The van der Waals surface area contributed by atoms with Crippen LogP contribution in [-0.2, 0) is 12.7 Å². The minimum atomic E-state index is -4.64. The van der Waals surface area contributed by atoms with Gasteiger partial charge in [-0.05, 0) is 38.1 Å². The lowest BCUT2D eigenvalue weighted by molar-refractivity contribution is -0.136. The summed E-state index contributed by atoms with van der Waals surface area (Å²) >= 11 is 0. The zero-order valence-electron chi connectivity index (χ0n) is 18.0. The Morgan fingerprint density at radius 2 is 1.88 bits per heavy atom. The van der Waals surface area contributed by atoms with Crippen molar-refractivity contribution < 1.29 is 13.2 Å². The van der Waals surface area contributed by atoms with E-state index in [4.69, 9.17) is 0 Å². The second-order valence-corrected chi connectivity index (χ2v) is 7.46. The fourth-order valence-corrected chi connectivity index (χ4v) is 3.62. The van der Waals surface area contributed by atoms with Crippen molar-refractivity contribution in [2.45, 2.75) is 26.6 Å². The molecule has 5 aromatic rings. The number of nitrogens with zero attached hydrogens (tertiary/aromatic N) is 7. The lowest BCUT2D eigenvalue weighted by atomic mass is 10.1. The van der Waals surface area contributed by atoms with Gasteiger partial charge in [0.1, 0.15) is 5.69 Å². The Kier molecular flexibility index (Phi) is 5.00. The standard InChI is InChI=1S/C22H17F3N8O/c1-3-32-11-14(12(2)30-32)18-29-19-13-7-6-8-15(22(23,24)25)17(13)28-21(33(19)31-18)27-16-9-4-5-10-26-20(16)34/h4-11H,3H2,1-2H3,(H,26,27,28,34). The van der Waals surface area contributed by atoms with E-state index in [0.717, 1.165) is 6.07 Å². The van der Waals surface area contributed by atoms with E-state index in [0.29, 0.717) is 17.8 Å². The number of hydrogen-bond donors (Lipinski definition) is 1. The van der Waals surface area contributed by atoms with E-state index in [-0.39, 0.29) is 34.0 Å². The van der Waals surface area contributed by atoms with Crippen molar-refractivity contribution >= 4 is 28.2 Å². The zero-order valence-corrected chi connectivity index (χ0v) is 18.0. The van der Waals surface area contributed by atoms with Crippen molar-refractivity contribution in [1.82, 2.24) is 34.3 Å². The predicted molar refractivity (Wildman–Crippen MR) is 119 cm³/mol. The highest BCUT2D eigenvalue weighted by Gasteiger charge is 2.34. The number of aryl methyl sites for hydroxylation is 2. The number of para-hydroxylation sites is 1. The van der Waals surface area contributed by atoms with Crippen molar-refractivity contribution in [3.05, 3.63) is 70.4 Å². The predicted octanol–water partition coefficient (Wildman–Crippen LogP) is 3.99. The Hall–Kier alpha value is -4.35. The SMILES string of the molecule is CCn1cc(-c2nc3c4cccc(C(F)(F)F)c4nc(Nc4ccccnc4=O)n3n2)c(C)n1. The second-order valence-electron chi connectivity index (χ2n) is 7.46. The number of halogens is 3. The van der Waals surface area contributed by atoms with Gasteiger partial charge in [-0.3, -0.25) is 9.48 Å². The highest BCUT2D eigenvalue weighted by Crippen LogP contribution is 2.36. The molecule has 9 nitrogen and oxygen atoms in total. The van der Waals surface area contributed by atoms with Crippen LogP contribution < -0.4 is 10.9 Å². The lowest BCUT2D eigenvalue weighted by Gasteiger charge is -2.12. The molecule has 1 aromatic carbocycles. The van der Waals surface area contributed by atoms with Gasteiger partial charge in [0.25, 0.3) is 5.56 Å². The molecule has 0 spiro atoms. The summed E-state index contributed by atoms with van der Waals surface area (Å²) < 4.78 is 44.3. The van der Waals surface area contributed by atoms with Gasteiger partial charge in [0, 0.05) is 24.3 Å². The van der Waals surface area contributed by atoms with Crippen LogP contribution in [-0.4, -0.2) is 34.3 Å². The van der Waals surface area contributed by atoms with Crippen LogP contribution in [0.2, 0.25) is 0 Å². The summed E-state index contributed by atoms with van der Waals surface area (Å²) in [6.45, 7) is 4.36. The Labute approximate surface area is 189 Å². The first kappa shape index (κ1) is 21.5. The van der Waals surface area contributed by atoms with Crippen molar-refractivity contribution in [2.75, 3.05) is 5.32 Å². The average Bonchev–Trinajstić information content (AvgIpc) is 3.34. The Morgan fingerprint density at radius 1 is 1.06 bits per heavy atom. The Balaban J connectivity index is 1.82. The van der Waals surface area contributed by atoms with Gasteiger partial charge in [0.15, 0.2) is 11.5 Å². The van der Waals surface area contributed by atoms with Crippen LogP contribution in [0, 0.1) is 6.92 Å². The number of anilines is 2. The quantitative estimate of drug-likeness (QED) is 0.427. The maximum absolute atomic E-state index is 13.8. The topological polar surface area (TPSA) is 103 Å². The molecule has 172 valence electrons. The van der Waals surface area contributed by atoms with E-state index in [9.17, 15) is 18.0 Å². The van der Waals surface area contributed by atoms with Gasteiger partial charge in [-0.15, -0.1) is 5.10 Å². The first-order valence-corrected chi connectivity index (χ1v) is 10.3. The molecule has 0 aliphatic heterocycles. The summed E-state index contributed by atoms with van der Waals surface area (Å²) in [5, 5.41) is 11.8. The Morgan fingerprint density at radius 3 is 2.62 bits per heavy atom. The molecule has 34 heavy (non-hydrogen) atoms. The highest BCUT2D eigenvalue weighted by molar-refractivity contribution is 5.95. The molecule has 0 radical (unpaired) electrons. The smallest absolute Gasteiger partial charge is 0.319 e. The van der Waals surface area contributed by atoms with Crippen LogP contribution in [0.25, 0.3) is 27.9 Å². The third-order valence-corrected chi connectivity index (χ3v) is 5.25.